The monoisotopic (exact) mass is 257 g/mol. The fourth-order valence-electron chi connectivity index (χ4n) is 4.02. The second-order valence-electron chi connectivity index (χ2n) is 6.51. The maximum absolute atomic E-state index is 12.2. The van der Waals surface area contributed by atoms with E-state index in [1.807, 2.05) is 6.07 Å². The van der Waals surface area contributed by atoms with E-state index in [0.29, 0.717) is 12.3 Å². The molecule has 1 aromatic carbocycles. The molecule has 0 spiro atoms. The average Bonchev–Trinajstić information content (AvgIpc) is 2.95. The van der Waals surface area contributed by atoms with Crippen LogP contribution < -0.4 is 5.32 Å². The van der Waals surface area contributed by atoms with Crippen molar-refractivity contribution in [3.63, 3.8) is 0 Å². The molecule has 102 valence electrons. The van der Waals surface area contributed by atoms with Crippen LogP contribution in [0.2, 0.25) is 0 Å². The molecule has 2 saturated carbocycles. The minimum Gasteiger partial charge on any atom is -0.326 e. The van der Waals surface area contributed by atoms with E-state index in [4.69, 9.17) is 0 Å². The molecule has 1 N–H and O–H groups in total. The molecule has 2 bridgehead atoms. The zero-order valence-electron chi connectivity index (χ0n) is 11.9. The lowest BCUT2D eigenvalue weighted by Crippen LogP contribution is -2.20. The van der Waals surface area contributed by atoms with Crippen molar-refractivity contribution in [1.29, 1.82) is 0 Å². The van der Waals surface area contributed by atoms with Crippen LogP contribution in [0.5, 0.6) is 0 Å². The van der Waals surface area contributed by atoms with Crippen LogP contribution in [0.4, 0.5) is 5.69 Å². The highest BCUT2D eigenvalue weighted by Crippen LogP contribution is 2.49. The number of nitrogens with one attached hydrogen (secondary N) is 1. The number of anilines is 1. The lowest BCUT2D eigenvalue weighted by atomic mass is 9.86. The summed E-state index contributed by atoms with van der Waals surface area (Å²) in [5, 5.41) is 3.08. The Kier molecular flexibility index (Phi) is 3.34. The summed E-state index contributed by atoms with van der Waals surface area (Å²) in [7, 11) is 0. The molecule has 0 unspecified atom stereocenters. The van der Waals surface area contributed by atoms with Gasteiger partial charge in [-0.15, -0.1) is 0 Å². The predicted octanol–water partition coefficient (Wildman–Crippen LogP) is 4.07. The summed E-state index contributed by atoms with van der Waals surface area (Å²) in [6, 6.07) is 6.19. The van der Waals surface area contributed by atoms with Gasteiger partial charge in [0.25, 0.3) is 0 Å². The third-order valence-corrected chi connectivity index (χ3v) is 4.99. The molecule has 2 heteroatoms. The number of carbonyl (C=O) groups excluding carboxylic acids is 1. The predicted molar refractivity (Wildman–Crippen MR) is 78.1 cm³/mol. The minimum absolute atomic E-state index is 0.199. The molecule has 19 heavy (non-hydrogen) atoms. The van der Waals surface area contributed by atoms with Crippen LogP contribution in [0, 0.1) is 31.6 Å². The zero-order chi connectivity index (χ0) is 13.4. The van der Waals surface area contributed by atoms with Crippen LogP contribution in [0.3, 0.4) is 0 Å². The maximum atomic E-state index is 12.2. The molecule has 0 heterocycles. The third kappa shape index (κ3) is 2.68. The van der Waals surface area contributed by atoms with E-state index in [0.717, 1.165) is 23.1 Å². The number of aryl methyl sites for hydroxylation is 2. The van der Waals surface area contributed by atoms with Crippen LogP contribution in [0.1, 0.15) is 43.2 Å². The first kappa shape index (κ1) is 12.7. The second-order valence-corrected chi connectivity index (χ2v) is 6.51. The van der Waals surface area contributed by atoms with Crippen molar-refractivity contribution in [2.75, 3.05) is 5.32 Å². The van der Waals surface area contributed by atoms with Crippen LogP contribution >= 0.6 is 0 Å². The van der Waals surface area contributed by atoms with Gasteiger partial charge >= 0.3 is 0 Å². The number of carbonyl (C=O) groups is 1. The van der Waals surface area contributed by atoms with E-state index in [2.05, 4.69) is 31.3 Å². The van der Waals surface area contributed by atoms with Gasteiger partial charge in [-0.25, -0.2) is 0 Å². The highest BCUT2D eigenvalue weighted by atomic mass is 16.1. The van der Waals surface area contributed by atoms with Crippen molar-refractivity contribution in [3.05, 3.63) is 29.3 Å². The van der Waals surface area contributed by atoms with Gasteiger partial charge in [-0.05, 0) is 62.5 Å². The smallest absolute Gasteiger partial charge is 0.224 e. The molecule has 1 amide bonds. The number of hydrogen-bond donors (Lipinski definition) is 1. The Morgan fingerprint density at radius 1 is 1.26 bits per heavy atom. The third-order valence-electron chi connectivity index (χ3n) is 4.99. The van der Waals surface area contributed by atoms with Crippen molar-refractivity contribution in [2.24, 2.45) is 17.8 Å². The van der Waals surface area contributed by atoms with Crippen LogP contribution in [-0.2, 0) is 4.79 Å². The lowest BCUT2D eigenvalue weighted by Gasteiger charge is -2.21. The Bertz CT molecular complexity index is 494. The van der Waals surface area contributed by atoms with Crippen molar-refractivity contribution in [3.8, 4) is 0 Å². The molecule has 0 aromatic heterocycles. The molecule has 1 aromatic rings. The van der Waals surface area contributed by atoms with Crippen molar-refractivity contribution >= 4 is 11.6 Å². The SMILES string of the molecule is Cc1ccc(NC(=O)C[C@H]2C[C@H]3CC[C@@H]2C3)c(C)c1. The van der Waals surface area contributed by atoms with Gasteiger partial charge in [0.05, 0.1) is 0 Å². The Hall–Kier alpha value is -1.31. The van der Waals surface area contributed by atoms with Gasteiger partial charge < -0.3 is 5.32 Å². The number of fused-ring (bicyclic) bond motifs is 2. The average molecular weight is 257 g/mol. The number of amides is 1. The summed E-state index contributed by atoms with van der Waals surface area (Å²) in [6.07, 6.45) is 6.13. The molecular formula is C17H23NO. The Morgan fingerprint density at radius 3 is 2.74 bits per heavy atom. The molecule has 2 nitrogen and oxygen atoms in total. The second kappa shape index (κ2) is 4.99. The van der Waals surface area contributed by atoms with Gasteiger partial charge in [0.2, 0.25) is 5.91 Å². The van der Waals surface area contributed by atoms with Crippen molar-refractivity contribution in [2.45, 2.75) is 46.0 Å². The Morgan fingerprint density at radius 2 is 2.11 bits per heavy atom. The number of benzene rings is 1. The normalized spacial score (nSPS) is 28.6. The molecule has 0 aliphatic heterocycles. The molecule has 2 aliphatic carbocycles. The summed E-state index contributed by atoms with van der Waals surface area (Å²) in [6.45, 7) is 4.13. The highest BCUT2D eigenvalue weighted by Gasteiger charge is 2.40. The quantitative estimate of drug-likeness (QED) is 0.869. The summed E-state index contributed by atoms with van der Waals surface area (Å²) >= 11 is 0. The Balaban J connectivity index is 1.59. The Labute approximate surface area is 115 Å². The number of hydrogen-bond acceptors (Lipinski definition) is 1. The molecule has 3 rings (SSSR count). The largest absolute Gasteiger partial charge is 0.326 e. The van der Waals surface area contributed by atoms with Gasteiger partial charge in [0.15, 0.2) is 0 Å². The van der Waals surface area contributed by atoms with Crippen LogP contribution in [0.15, 0.2) is 18.2 Å². The number of rotatable bonds is 3. The minimum atomic E-state index is 0.199. The molecule has 3 atom stereocenters. The van der Waals surface area contributed by atoms with E-state index in [1.54, 1.807) is 0 Å². The van der Waals surface area contributed by atoms with Gasteiger partial charge in [-0.2, -0.15) is 0 Å². The van der Waals surface area contributed by atoms with E-state index >= 15 is 0 Å². The summed E-state index contributed by atoms with van der Waals surface area (Å²) in [4.78, 5) is 12.2. The standard InChI is InChI=1S/C17H23NO/c1-11-3-6-16(12(2)7-11)18-17(19)10-15-9-13-4-5-14(15)8-13/h3,6-7,13-15H,4-5,8-10H2,1-2H3,(H,18,19)/t13-,14+,15+/m0/s1. The summed E-state index contributed by atoms with van der Waals surface area (Å²) < 4.78 is 0. The van der Waals surface area contributed by atoms with E-state index in [9.17, 15) is 4.79 Å². The fourth-order valence-corrected chi connectivity index (χ4v) is 4.02. The fraction of sp³-hybridized carbons (Fsp3) is 0.588. The van der Waals surface area contributed by atoms with Crippen molar-refractivity contribution in [1.82, 2.24) is 0 Å². The van der Waals surface area contributed by atoms with E-state index < -0.39 is 0 Å². The summed E-state index contributed by atoms with van der Waals surface area (Å²) in [5.41, 5.74) is 3.36. The summed E-state index contributed by atoms with van der Waals surface area (Å²) in [5.74, 6) is 2.59. The van der Waals surface area contributed by atoms with Crippen molar-refractivity contribution < 1.29 is 4.79 Å². The zero-order valence-corrected chi connectivity index (χ0v) is 11.9. The first-order valence-electron chi connectivity index (χ1n) is 7.49. The maximum Gasteiger partial charge on any atom is 0.224 e. The highest BCUT2D eigenvalue weighted by molar-refractivity contribution is 5.91. The topological polar surface area (TPSA) is 29.1 Å². The van der Waals surface area contributed by atoms with Crippen LogP contribution in [0.25, 0.3) is 0 Å². The van der Waals surface area contributed by atoms with Gasteiger partial charge in [-0.1, -0.05) is 24.1 Å². The first-order valence-corrected chi connectivity index (χ1v) is 7.49. The van der Waals surface area contributed by atoms with E-state index in [1.165, 1.54) is 31.2 Å². The molecule has 0 radical (unpaired) electrons. The lowest BCUT2D eigenvalue weighted by molar-refractivity contribution is -0.117. The van der Waals surface area contributed by atoms with Gasteiger partial charge in [0.1, 0.15) is 0 Å². The van der Waals surface area contributed by atoms with E-state index in [-0.39, 0.29) is 5.91 Å². The van der Waals surface area contributed by atoms with Gasteiger partial charge in [0, 0.05) is 12.1 Å². The molecule has 0 saturated heterocycles. The molecule has 2 fully saturated rings. The first-order chi connectivity index (χ1) is 9.11. The van der Waals surface area contributed by atoms with Crippen LogP contribution in [-0.4, -0.2) is 5.91 Å². The molecule has 2 aliphatic rings. The van der Waals surface area contributed by atoms with Gasteiger partial charge in [-0.3, -0.25) is 4.79 Å². The molecular weight excluding hydrogens is 234 g/mol.